The molecule has 0 amide bonds. The number of hydrogen-bond donors (Lipinski definition) is 1. The first-order valence-electron chi connectivity index (χ1n) is 9.06. The number of anilines is 1. The van der Waals surface area contributed by atoms with Gasteiger partial charge in [0.2, 0.25) is 5.70 Å². The third-order valence-corrected chi connectivity index (χ3v) is 4.84. The molecule has 29 heavy (non-hydrogen) atoms. The van der Waals surface area contributed by atoms with Gasteiger partial charge in [0, 0.05) is 23.2 Å². The van der Waals surface area contributed by atoms with Crippen molar-refractivity contribution < 1.29 is 14.1 Å². The fourth-order valence-corrected chi connectivity index (χ4v) is 3.45. The molecule has 142 valence electrons. The van der Waals surface area contributed by atoms with Crippen LogP contribution in [-0.2, 0) is 0 Å². The Morgan fingerprint density at radius 1 is 0.828 bits per heavy atom. The van der Waals surface area contributed by atoms with E-state index in [1.807, 2.05) is 60.7 Å². The quantitative estimate of drug-likeness (QED) is 0.239. The summed E-state index contributed by atoms with van der Waals surface area (Å²) in [5.74, 6) is -0.689. The van der Waals surface area contributed by atoms with Gasteiger partial charge < -0.3 is 10.4 Å². The lowest BCUT2D eigenvalue weighted by Crippen LogP contribution is -2.39. The van der Waals surface area contributed by atoms with E-state index in [1.54, 1.807) is 17.0 Å². The number of benzene rings is 3. The Morgan fingerprint density at radius 2 is 1.52 bits per heavy atom. The number of pyridine rings is 1. The van der Waals surface area contributed by atoms with E-state index in [2.05, 4.69) is 5.32 Å². The van der Waals surface area contributed by atoms with Crippen LogP contribution in [0.25, 0.3) is 22.2 Å². The molecule has 0 saturated heterocycles. The summed E-state index contributed by atoms with van der Waals surface area (Å²) >= 11 is 5.64. The highest BCUT2D eigenvalue weighted by Crippen LogP contribution is 2.24. The van der Waals surface area contributed by atoms with Crippen LogP contribution < -0.4 is 15.0 Å². The van der Waals surface area contributed by atoms with Crippen molar-refractivity contribution in [3.05, 3.63) is 109 Å². The minimum Gasteiger partial charge on any atom is -0.867 e. The summed E-state index contributed by atoms with van der Waals surface area (Å²) in [5, 5.41) is 18.5. The maximum atomic E-state index is 13.3. The van der Waals surface area contributed by atoms with Gasteiger partial charge in [0.05, 0.1) is 0 Å². The van der Waals surface area contributed by atoms with E-state index in [-0.39, 0.29) is 10.7 Å². The SMILES string of the molecule is [O-]C(=C(C(=S)Nc1cccc2ccccc12)[n+]1ccccc1)c1ccc(F)cc1. The van der Waals surface area contributed by atoms with Gasteiger partial charge in [-0.15, -0.1) is 0 Å². The topological polar surface area (TPSA) is 39.0 Å². The molecular weight excluding hydrogens is 383 g/mol. The molecular formula is C24H17FN2OS. The first kappa shape index (κ1) is 18.8. The molecule has 0 unspecified atom stereocenters. The van der Waals surface area contributed by atoms with Crippen LogP contribution in [0.1, 0.15) is 5.56 Å². The Morgan fingerprint density at radius 3 is 2.28 bits per heavy atom. The molecule has 0 radical (unpaired) electrons. The average molecular weight is 400 g/mol. The molecule has 5 heteroatoms. The highest BCUT2D eigenvalue weighted by atomic mass is 32.1. The Bertz CT molecular complexity index is 1200. The Balaban J connectivity index is 1.80. The standard InChI is InChI=1S/C24H17FN2OS/c25-19-13-11-18(12-14-19)23(28)22(27-15-4-1-5-16-27)24(29)26-21-10-6-8-17-7-2-3-9-20(17)21/h1-16H,(H-,26,28,29). The molecule has 4 rings (SSSR count). The molecule has 0 aliphatic carbocycles. The number of hydrogen-bond acceptors (Lipinski definition) is 2. The van der Waals surface area contributed by atoms with Crippen LogP contribution in [-0.4, -0.2) is 4.99 Å². The number of rotatable bonds is 4. The lowest BCUT2D eigenvalue weighted by Gasteiger charge is -2.17. The van der Waals surface area contributed by atoms with Crippen LogP contribution in [0.15, 0.2) is 97.3 Å². The highest BCUT2D eigenvalue weighted by molar-refractivity contribution is 7.81. The average Bonchev–Trinajstić information content (AvgIpc) is 2.75. The van der Waals surface area contributed by atoms with Crippen molar-refractivity contribution in [3.63, 3.8) is 0 Å². The van der Waals surface area contributed by atoms with E-state index in [0.717, 1.165) is 16.5 Å². The van der Waals surface area contributed by atoms with Gasteiger partial charge in [-0.3, -0.25) is 0 Å². The van der Waals surface area contributed by atoms with Crippen LogP contribution in [0.2, 0.25) is 0 Å². The summed E-state index contributed by atoms with van der Waals surface area (Å²) in [6.45, 7) is 0. The maximum absolute atomic E-state index is 13.3. The number of nitrogens with one attached hydrogen (secondary N) is 1. The lowest BCUT2D eigenvalue weighted by atomic mass is 10.1. The van der Waals surface area contributed by atoms with E-state index in [9.17, 15) is 9.50 Å². The van der Waals surface area contributed by atoms with Crippen LogP contribution in [0.4, 0.5) is 10.1 Å². The zero-order chi connectivity index (χ0) is 20.2. The third-order valence-electron chi connectivity index (χ3n) is 4.55. The zero-order valence-electron chi connectivity index (χ0n) is 15.4. The monoisotopic (exact) mass is 400 g/mol. The minimum atomic E-state index is -0.396. The molecule has 0 saturated carbocycles. The highest BCUT2D eigenvalue weighted by Gasteiger charge is 2.19. The predicted octanol–water partition coefficient (Wildman–Crippen LogP) is 4.39. The smallest absolute Gasteiger partial charge is 0.238 e. The fourth-order valence-electron chi connectivity index (χ4n) is 3.14. The summed E-state index contributed by atoms with van der Waals surface area (Å²) in [6, 6.07) is 24.8. The summed E-state index contributed by atoms with van der Waals surface area (Å²) in [6.07, 6.45) is 3.52. The number of fused-ring (bicyclic) bond motifs is 1. The van der Waals surface area contributed by atoms with Crippen LogP contribution in [0.3, 0.4) is 0 Å². The van der Waals surface area contributed by atoms with Crippen LogP contribution in [0, 0.1) is 5.82 Å². The number of halogens is 1. The van der Waals surface area contributed by atoms with E-state index in [0.29, 0.717) is 11.3 Å². The molecule has 0 fully saturated rings. The van der Waals surface area contributed by atoms with Crippen molar-refractivity contribution in [2.45, 2.75) is 0 Å². The summed E-state index contributed by atoms with van der Waals surface area (Å²) < 4.78 is 15.0. The van der Waals surface area contributed by atoms with E-state index in [1.165, 1.54) is 24.3 Å². The van der Waals surface area contributed by atoms with Gasteiger partial charge in [-0.25, -0.2) is 4.39 Å². The summed E-state index contributed by atoms with van der Waals surface area (Å²) in [5.41, 5.74) is 1.47. The Kier molecular flexibility index (Phi) is 5.31. The lowest BCUT2D eigenvalue weighted by molar-refractivity contribution is -0.577. The van der Waals surface area contributed by atoms with Crippen molar-refractivity contribution in [1.29, 1.82) is 0 Å². The van der Waals surface area contributed by atoms with Gasteiger partial charge in [0.1, 0.15) is 5.82 Å². The normalized spacial score (nSPS) is 11.8. The van der Waals surface area contributed by atoms with Gasteiger partial charge >= 0.3 is 0 Å². The molecule has 3 nitrogen and oxygen atoms in total. The van der Waals surface area contributed by atoms with E-state index < -0.39 is 5.82 Å². The number of thiocarbonyl (C=S) groups is 1. The molecule has 1 heterocycles. The van der Waals surface area contributed by atoms with Gasteiger partial charge in [-0.2, -0.15) is 4.57 Å². The summed E-state index contributed by atoms with van der Waals surface area (Å²) in [4.78, 5) is 0.284. The predicted molar refractivity (Wildman–Crippen MR) is 116 cm³/mol. The maximum Gasteiger partial charge on any atom is 0.238 e. The first-order chi connectivity index (χ1) is 14.1. The van der Waals surface area contributed by atoms with Crippen molar-refractivity contribution in [2.24, 2.45) is 0 Å². The van der Waals surface area contributed by atoms with Crippen LogP contribution >= 0.6 is 12.2 Å². The van der Waals surface area contributed by atoms with Gasteiger partial charge in [-0.1, -0.05) is 66.8 Å². The molecule has 0 bridgehead atoms. The van der Waals surface area contributed by atoms with Crippen molar-refractivity contribution in [1.82, 2.24) is 0 Å². The first-order valence-corrected chi connectivity index (χ1v) is 9.47. The number of aromatic nitrogens is 1. The minimum absolute atomic E-state index is 0.284. The molecule has 4 aromatic rings. The Labute approximate surface area is 173 Å². The fraction of sp³-hybridized carbons (Fsp3) is 0. The zero-order valence-corrected chi connectivity index (χ0v) is 16.2. The molecule has 3 aromatic carbocycles. The van der Waals surface area contributed by atoms with Gasteiger partial charge in [-0.05, 0) is 34.9 Å². The van der Waals surface area contributed by atoms with Gasteiger partial charge in [0.25, 0.3) is 0 Å². The van der Waals surface area contributed by atoms with E-state index >= 15 is 0 Å². The van der Waals surface area contributed by atoms with Crippen molar-refractivity contribution >= 4 is 45.1 Å². The molecule has 1 aromatic heterocycles. The van der Waals surface area contributed by atoms with Crippen molar-refractivity contribution in [2.75, 3.05) is 5.32 Å². The van der Waals surface area contributed by atoms with Crippen LogP contribution in [0.5, 0.6) is 0 Å². The molecule has 0 aliphatic heterocycles. The van der Waals surface area contributed by atoms with Crippen molar-refractivity contribution in [3.8, 4) is 0 Å². The number of nitrogens with zero attached hydrogens (tertiary/aromatic N) is 1. The third kappa shape index (κ3) is 4.00. The second kappa shape index (κ2) is 8.20. The second-order valence-electron chi connectivity index (χ2n) is 6.45. The molecule has 0 aliphatic rings. The molecule has 0 atom stereocenters. The van der Waals surface area contributed by atoms with E-state index in [4.69, 9.17) is 12.2 Å². The van der Waals surface area contributed by atoms with Gasteiger partial charge in [0.15, 0.2) is 17.4 Å². The Hall–Kier alpha value is -3.57. The second-order valence-corrected chi connectivity index (χ2v) is 6.86. The summed E-state index contributed by atoms with van der Waals surface area (Å²) in [7, 11) is 0. The molecule has 0 spiro atoms. The largest absolute Gasteiger partial charge is 0.867 e. The molecule has 1 N–H and O–H groups in total.